The predicted octanol–water partition coefficient (Wildman–Crippen LogP) is 1.97. The highest BCUT2D eigenvalue weighted by Gasteiger charge is 2.32. The third-order valence-electron chi connectivity index (χ3n) is 5.98. The smallest absolute Gasteiger partial charge is 0.173 e. The second kappa shape index (κ2) is 8.91. The van der Waals surface area contributed by atoms with Gasteiger partial charge in [-0.2, -0.15) is 0 Å². The minimum atomic E-state index is 0.0868. The summed E-state index contributed by atoms with van der Waals surface area (Å²) in [6, 6.07) is 11.5. The average Bonchev–Trinajstić information content (AvgIpc) is 3.41. The number of rotatable bonds is 7. The number of hydrogen-bond donors (Lipinski definition) is 0. The Hall–Kier alpha value is -1.83. The van der Waals surface area contributed by atoms with Crippen LogP contribution in [0.25, 0.3) is 0 Å². The summed E-state index contributed by atoms with van der Waals surface area (Å²) in [4.78, 5) is 5.23. The second-order valence-electron chi connectivity index (χ2n) is 7.58. The van der Waals surface area contributed by atoms with Crippen molar-refractivity contribution in [2.45, 2.75) is 44.3 Å². The highest BCUT2D eigenvalue weighted by Crippen LogP contribution is 2.30. The standard InChI is InChI=1S/C20H30N6O/c1-27-16-15-26-20(21-22-23-26)19(17-7-3-2-4-8-17)25-13-11-24(12-14-25)18-9-5-6-10-18/h2-4,7-8,18-19H,5-6,9-16H2,1H3/t19-/m1/s1. The zero-order valence-corrected chi connectivity index (χ0v) is 16.2. The molecule has 2 fully saturated rings. The van der Waals surface area contributed by atoms with Crippen LogP contribution in [0.5, 0.6) is 0 Å². The molecule has 1 aliphatic carbocycles. The molecule has 0 unspecified atom stereocenters. The van der Waals surface area contributed by atoms with Gasteiger partial charge in [0.25, 0.3) is 0 Å². The zero-order chi connectivity index (χ0) is 18.5. The molecule has 7 nitrogen and oxygen atoms in total. The largest absolute Gasteiger partial charge is 0.383 e. The van der Waals surface area contributed by atoms with E-state index in [4.69, 9.17) is 4.74 Å². The van der Waals surface area contributed by atoms with Gasteiger partial charge in [0.2, 0.25) is 0 Å². The van der Waals surface area contributed by atoms with Crippen molar-refractivity contribution in [1.29, 1.82) is 0 Å². The minimum absolute atomic E-state index is 0.0868. The van der Waals surface area contributed by atoms with Crippen molar-refractivity contribution in [1.82, 2.24) is 30.0 Å². The molecule has 1 saturated heterocycles. The van der Waals surface area contributed by atoms with Gasteiger partial charge in [0.15, 0.2) is 5.82 Å². The fourth-order valence-electron chi connectivity index (χ4n) is 4.53. The molecular weight excluding hydrogens is 340 g/mol. The molecule has 27 heavy (non-hydrogen) atoms. The Kier molecular flexibility index (Phi) is 6.11. The van der Waals surface area contributed by atoms with E-state index in [0.717, 1.165) is 38.0 Å². The molecule has 0 amide bonds. The molecule has 4 rings (SSSR count). The lowest BCUT2D eigenvalue weighted by Crippen LogP contribution is -2.51. The number of aromatic nitrogens is 4. The van der Waals surface area contributed by atoms with Crippen molar-refractivity contribution in [2.75, 3.05) is 39.9 Å². The number of tetrazole rings is 1. The van der Waals surface area contributed by atoms with Crippen LogP contribution < -0.4 is 0 Å². The summed E-state index contributed by atoms with van der Waals surface area (Å²) in [6.07, 6.45) is 5.53. The normalized spacial score (nSPS) is 20.9. The van der Waals surface area contributed by atoms with Crippen molar-refractivity contribution in [3.63, 3.8) is 0 Å². The van der Waals surface area contributed by atoms with E-state index in [1.165, 1.54) is 31.2 Å². The molecule has 2 aliphatic rings. The number of piperazine rings is 1. The Morgan fingerprint density at radius 3 is 2.52 bits per heavy atom. The van der Waals surface area contributed by atoms with E-state index in [1.54, 1.807) is 7.11 Å². The fraction of sp³-hybridized carbons (Fsp3) is 0.650. The molecule has 2 heterocycles. The van der Waals surface area contributed by atoms with Crippen LogP contribution in [0, 0.1) is 0 Å². The first-order valence-corrected chi connectivity index (χ1v) is 10.1. The Morgan fingerprint density at radius 1 is 1.07 bits per heavy atom. The summed E-state index contributed by atoms with van der Waals surface area (Å²) in [6.45, 7) is 5.64. The Bertz CT molecular complexity index is 692. The van der Waals surface area contributed by atoms with Gasteiger partial charge in [0, 0.05) is 39.3 Å². The molecule has 146 valence electrons. The van der Waals surface area contributed by atoms with Crippen LogP contribution >= 0.6 is 0 Å². The maximum absolute atomic E-state index is 5.24. The highest BCUT2D eigenvalue weighted by molar-refractivity contribution is 5.25. The number of hydrogen-bond acceptors (Lipinski definition) is 6. The first-order chi connectivity index (χ1) is 13.4. The van der Waals surface area contributed by atoms with Gasteiger partial charge in [-0.15, -0.1) is 5.10 Å². The first-order valence-electron chi connectivity index (χ1n) is 10.1. The third kappa shape index (κ3) is 4.20. The van der Waals surface area contributed by atoms with Crippen LogP contribution in [-0.4, -0.2) is 75.9 Å². The summed E-state index contributed by atoms with van der Waals surface area (Å²) in [5, 5.41) is 12.6. The van der Waals surface area contributed by atoms with Crippen molar-refractivity contribution in [3.05, 3.63) is 41.7 Å². The molecule has 1 atom stereocenters. The summed E-state index contributed by atoms with van der Waals surface area (Å²) in [5.41, 5.74) is 1.25. The lowest BCUT2D eigenvalue weighted by Gasteiger charge is -2.41. The van der Waals surface area contributed by atoms with E-state index < -0.39 is 0 Å². The Labute approximate surface area is 161 Å². The van der Waals surface area contributed by atoms with Crippen LogP contribution in [0.2, 0.25) is 0 Å². The minimum Gasteiger partial charge on any atom is -0.383 e. The summed E-state index contributed by atoms with van der Waals surface area (Å²) >= 11 is 0. The van der Waals surface area contributed by atoms with Gasteiger partial charge in [-0.05, 0) is 28.8 Å². The molecule has 1 aliphatic heterocycles. The molecule has 0 N–H and O–H groups in total. The Morgan fingerprint density at radius 2 is 1.81 bits per heavy atom. The highest BCUT2D eigenvalue weighted by atomic mass is 16.5. The van der Waals surface area contributed by atoms with Gasteiger partial charge < -0.3 is 4.74 Å². The third-order valence-corrected chi connectivity index (χ3v) is 5.98. The van der Waals surface area contributed by atoms with Gasteiger partial charge in [-0.25, -0.2) is 4.68 Å². The summed E-state index contributed by atoms with van der Waals surface area (Å²) < 4.78 is 7.13. The fourth-order valence-corrected chi connectivity index (χ4v) is 4.53. The van der Waals surface area contributed by atoms with E-state index in [1.807, 2.05) is 4.68 Å². The van der Waals surface area contributed by atoms with Gasteiger partial charge in [0.1, 0.15) is 0 Å². The van der Waals surface area contributed by atoms with Crippen LogP contribution in [-0.2, 0) is 11.3 Å². The van der Waals surface area contributed by atoms with Crippen LogP contribution in [0.15, 0.2) is 30.3 Å². The topological polar surface area (TPSA) is 59.3 Å². The quantitative estimate of drug-likeness (QED) is 0.743. The molecular formula is C20H30N6O. The summed E-state index contributed by atoms with van der Waals surface area (Å²) in [5.74, 6) is 0.910. The van der Waals surface area contributed by atoms with Crippen molar-refractivity contribution in [3.8, 4) is 0 Å². The molecule has 7 heteroatoms. The first kappa shape index (κ1) is 18.5. The van der Waals surface area contributed by atoms with Gasteiger partial charge in [-0.1, -0.05) is 43.2 Å². The number of benzene rings is 1. The van der Waals surface area contributed by atoms with E-state index >= 15 is 0 Å². The zero-order valence-electron chi connectivity index (χ0n) is 16.2. The lowest BCUT2D eigenvalue weighted by atomic mass is 10.0. The monoisotopic (exact) mass is 370 g/mol. The van der Waals surface area contributed by atoms with Crippen molar-refractivity contribution >= 4 is 0 Å². The van der Waals surface area contributed by atoms with Crippen LogP contribution in [0.4, 0.5) is 0 Å². The molecule has 1 saturated carbocycles. The molecule has 1 aromatic heterocycles. The van der Waals surface area contributed by atoms with Gasteiger partial charge in [0.05, 0.1) is 19.2 Å². The van der Waals surface area contributed by atoms with Gasteiger partial charge >= 0.3 is 0 Å². The average molecular weight is 371 g/mol. The molecule has 0 bridgehead atoms. The SMILES string of the molecule is COCCn1nnnc1[C@@H](c1ccccc1)N1CCN(C2CCCC2)CC1. The van der Waals surface area contributed by atoms with Gasteiger partial charge in [-0.3, -0.25) is 9.80 Å². The van der Waals surface area contributed by atoms with E-state index in [0.29, 0.717) is 13.2 Å². The van der Waals surface area contributed by atoms with Crippen LogP contribution in [0.1, 0.15) is 43.1 Å². The maximum Gasteiger partial charge on any atom is 0.173 e. The van der Waals surface area contributed by atoms with E-state index in [9.17, 15) is 0 Å². The summed E-state index contributed by atoms with van der Waals surface area (Å²) in [7, 11) is 1.71. The molecule has 2 aromatic rings. The lowest BCUT2D eigenvalue weighted by molar-refractivity contribution is 0.0763. The van der Waals surface area contributed by atoms with Crippen molar-refractivity contribution < 1.29 is 4.74 Å². The van der Waals surface area contributed by atoms with E-state index in [2.05, 4.69) is 55.7 Å². The van der Waals surface area contributed by atoms with E-state index in [-0.39, 0.29) is 6.04 Å². The molecule has 0 spiro atoms. The van der Waals surface area contributed by atoms with Crippen molar-refractivity contribution in [2.24, 2.45) is 0 Å². The van der Waals surface area contributed by atoms with Crippen LogP contribution in [0.3, 0.4) is 0 Å². The molecule has 1 aromatic carbocycles. The number of ether oxygens (including phenoxy) is 1. The number of nitrogens with zero attached hydrogens (tertiary/aromatic N) is 6. The number of methoxy groups -OCH3 is 1. The second-order valence-corrected chi connectivity index (χ2v) is 7.58. The maximum atomic E-state index is 5.24. The molecule has 0 radical (unpaired) electrons. The predicted molar refractivity (Wildman–Crippen MR) is 103 cm³/mol. The Balaban J connectivity index is 1.54.